The van der Waals surface area contributed by atoms with Crippen LogP contribution < -0.4 is 20.6 Å². The smallest absolute Gasteiger partial charge is 0.294 e. The number of hydrogen-bond acceptors (Lipinski definition) is 6. The summed E-state index contributed by atoms with van der Waals surface area (Å²) in [6, 6.07) is 19.6. The van der Waals surface area contributed by atoms with E-state index in [1.54, 1.807) is 48.5 Å². The topological polar surface area (TPSA) is 99.1 Å². The number of ether oxygens (including phenoxy) is 2. The van der Waals surface area contributed by atoms with E-state index in [-0.39, 0.29) is 16.3 Å². The number of aromatic amines is 1. The van der Waals surface area contributed by atoms with Gasteiger partial charge in [0.2, 0.25) is 0 Å². The molecular formula is C27H21ClN4O4. The highest BCUT2D eigenvalue weighted by atomic mass is 35.5. The molecule has 3 aromatic carbocycles. The first-order valence-corrected chi connectivity index (χ1v) is 11.6. The largest absolute Gasteiger partial charge is 0.490 e. The molecule has 0 aliphatic carbocycles. The van der Waals surface area contributed by atoms with Crippen LogP contribution in [0.1, 0.15) is 12.5 Å². The monoisotopic (exact) mass is 500 g/mol. The predicted octanol–water partition coefficient (Wildman–Crippen LogP) is 5.29. The zero-order valence-corrected chi connectivity index (χ0v) is 20.2. The number of rotatable bonds is 6. The Bertz CT molecular complexity index is 1690. The summed E-state index contributed by atoms with van der Waals surface area (Å²) in [6.45, 7) is 4.16. The maximum Gasteiger partial charge on any atom is 0.294 e. The van der Waals surface area contributed by atoms with Crippen LogP contribution in [0.15, 0.2) is 82.5 Å². The molecule has 0 bridgehead atoms. The SMILES string of the molecule is CCOc1cc(-c2nc3ccccc3c(=O)[nH]2)ccc1Oc1cnn(-c2ccc(C)cc2)c(=O)c1Cl. The van der Waals surface area contributed by atoms with Crippen LogP contribution in [0.5, 0.6) is 17.2 Å². The van der Waals surface area contributed by atoms with E-state index in [0.717, 1.165) is 5.56 Å². The number of fused-ring (bicyclic) bond motifs is 1. The summed E-state index contributed by atoms with van der Waals surface area (Å²) in [4.78, 5) is 32.7. The third-order valence-electron chi connectivity index (χ3n) is 5.52. The second kappa shape index (κ2) is 9.67. The second-order valence-electron chi connectivity index (χ2n) is 8.00. The van der Waals surface area contributed by atoms with Crippen LogP contribution >= 0.6 is 11.6 Å². The van der Waals surface area contributed by atoms with Crippen LogP contribution in [0.4, 0.5) is 0 Å². The van der Waals surface area contributed by atoms with Crippen LogP contribution in [-0.2, 0) is 0 Å². The van der Waals surface area contributed by atoms with Crippen molar-refractivity contribution in [1.82, 2.24) is 19.7 Å². The molecule has 1 N–H and O–H groups in total. The molecule has 0 saturated heterocycles. The highest BCUT2D eigenvalue weighted by Gasteiger charge is 2.16. The lowest BCUT2D eigenvalue weighted by molar-refractivity contribution is 0.321. The summed E-state index contributed by atoms with van der Waals surface area (Å²) in [5.74, 6) is 1.21. The number of benzene rings is 3. The third kappa shape index (κ3) is 4.46. The molecule has 0 fully saturated rings. The second-order valence-corrected chi connectivity index (χ2v) is 8.38. The molecule has 180 valence electrons. The van der Waals surface area contributed by atoms with E-state index < -0.39 is 5.56 Å². The Hall–Kier alpha value is -4.43. The fourth-order valence-corrected chi connectivity index (χ4v) is 3.88. The summed E-state index contributed by atoms with van der Waals surface area (Å²) in [7, 11) is 0. The minimum Gasteiger partial charge on any atom is -0.490 e. The standard InChI is InChI=1S/C27H21ClN4O4/c1-3-35-22-14-17(25-30-20-7-5-4-6-19(20)26(33)31-25)10-13-21(22)36-23-15-29-32(27(34)24(23)28)18-11-8-16(2)9-12-18/h4-15H,3H2,1-2H3,(H,30,31,33). The molecule has 0 aliphatic rings. The molecule has 0 spiro atoms. The Morgan fingerprint density at radius 3 is 2.53 bits per heavy atom. The van der Waals surface area contributed by atoms with Gasteiger partial charge in [-0.2, -0.15) is 9.78 Å². The van der Waals surface area contributed by atoms with E-state index in [9.17, 15) is 9.59 Å². The zero-order chi connectivity index (χ0) is 25.2. The first-order chi connectivity index (χ1) is 17.4. The molecule has 0 amide bonds. The number of aryl methyl sites for hydroxylation is 1. The van der Waals surface area contributed by atoms with Gasteiger partial charge < -0.3 is 14.5 Å². The van der Waals surface area contributed by atoms with Gasteiger partial charge in [-0.1, -0.05) is 41.4 Å². The first-order valence-electron chi connectivity index (χ1n) is 11.2. The fraction of sp³-hybridized carbons (Fsp3) is 0.111. The Labute approximate surface area is 210 Å². The van der Waals surface area contributed by atoms with Crippen molar-refractivity contribution in [2.24, 2.45) is 0 Å². The number of nitrogens with zero attached hydrogens (tertiary/aromatic N) is 3. The number of nitrogens with one attached hydrogen (secondary N) is 1. The van der Waals surface area contributed by atoms with E-state index in [1.165, 1.54) is 10.9 Å². The minimum absolute atomic E-state index is 0.0935. The lowest BCUT2D eigenvalue weighted by atomic mass is 10.1. The van der Waals surface area contributed by atoms with Crippen LogP contribution in [0.25, 0.3) is 28.0 Å². The quantitative estimate of drug-likeness (QED) is 0.340. The van der Waals surface area contributed by atoms with Crippen molar-refractivity contribution in [3.05, 3.63) is 104 Å². The molecule has 9 heteroatoms. The molecule has 2 heterocycles. The molecule has 5 rings (SSSR count). The molecule has 5 aromatic rings. The van der Waals surface area contributed by atoms with Crippen molar-refractivity contribution >= 4 is 22.5 Å². The molecule has 0 aliphatic heterocycles. The van der Waals surface area contributed by atoms with Crippen LogP contribution in [0.2, 0.25) is 5.02 Å². The van der Waals surface area contributed by atoms with Crippen molar-refractivity contribution in [3.63, 3.8) is 0 Å². The Morgan fingerprint density at radius 1 is 0.972 bits per heavy atom. The molecular weight excluding hydrogens is 480 g/mol. The lowest BCUT2D eigenvalue weighted by Crippen LogP contribution is -2.21. The zero-order valence-electron chi connectivity index (χ0n) is 19.5. The molecule has 36 heavy (non-hydrogen) atoms. The van der Waals surface area contributed by atoms with E-state index in [0.29, 0.717) is 46.1 Å². The molecule has 2 aromatic heterocycles. The van der Waals surface area contributed by atoms with Gasteiger partial charge in [-0.05, 0) is 56.3 Å². The van der Waals surface area contributed by atoms with Crippen molar-refractivity contribution in [3.8, 4) is 34.3 Å². The molecule has 8 nitrogen and oxygen atoms in total. The Morgan fingerprint density at radius 2 is 1.75 bits per heavy atom. The highest BCUT2D eigenvalue weighted by Crippen LogP contribution is 2.36. The van der Waals surface area contributed by atoms with E-state index in [2.05, 4.69) is 15.1 Å². The number of aromatic nitrogens is 4. The third-order valence-corrected chi connectivity index (χ3v) is 5.86. The fourth-order valence-electron chi connectivity index (χ4n) is 3.71. The van der Waals surface area contributed by atoms with Crippen LogP contribution in [-0.4, -0.2) is 26.4 Å². The van der Waals surface area contributed by atoms with E-state index >= 15 is 0 Å². The summed E-state index contributed by atoms with van der Waals surface area (Å²) < 4.78 is 12.9. The minimum atomic E-state index is -0.509. The highest BCUT2D eigenvalue weighted by molar-refractivity contribution is 6.31. The molecule has 0 unspecified atom stereocenters. The van der Waals surface area contributed by atoms with Crippen LogP contribution in [0.3, 0.4) is 0 Å². The van der Waals surface area contributed by atoms with Gasteiger partial charge in [-0.15, -0.1) is 0 Å². The van der Waals surface area contributed by atoms with Gasteiger partial charge >= 0.3 is 0 Å². The number of halogens is 1. The maximum absolute atomic E-state index is 12.9. The molecule has 0 radical (unpaired) electrons. The number of H-pyrrole nitrogens is 1. The first kappa shape index (κ1) is 23.3. The summed E-state index contributed by atoms with van der Waals surface area (Å²) >= 11 is 6.37. The molecule has 0 saturated carbocycles. The molecule has 0 atom stereocenters. The van der Waals surface area contributed by atoms with Gasteiger partial charge in [0.25, 0.3) is 11.1 Å². The van der Waals surface area contributed by atoms with Crippen LogP contribution in [0, 0.1) is 6.92 Å². The van der Waals surface area contributed by atoms with Crippen molar-refractivity contribution < 1.29 is 9.47 Å². The average Bonchev–Trinajstić information content (AvgIpc) is 2.88. The van der Waals surface area contributed by atoms with E-state index in [1.807, 2.05) is 32.0 Å². The normalized spacial score (nSPS) is 11.0. The Kier molecular flexibility index (Phi) is 6.26. The predicted molar refractivity (Wildman–Crippen MR) is 139 cm³/mol. The van der Waals surface area contributed by atoms with E-state index in [4.69, 9.17) is 21.1 Å². The van der Waals surface area contributed by atoms with Crippen molar-refractivity contribution in [1.29, 1.82) is 0 Å². The summed E-state index contributed by atoms with van der Waals surface area (Å²) in [5, 5.41) is 4.61. The number of para-hydroxylation sites is 1. The van der Waals surface area contributed by atoms with Gasteiger partial charge in [-0.25, -0.2) is 4.98 Å². The van der Waals surface area contributed by atoms with Gasteiger partial charge in [0, 0.05) is 5.56 Å². The van der Waals surface area contributed by atoms with Gasteiger partial charge in [0.15, 0.2) is 22.3 Å². The maximum atomic E-state index is 12.9. The number of hydrogen-bond donors (Lipinski definition) is 1. The average molecular weight is 501 g/mol. The summed E-state index contributed by atoms with van der Waals surface area (Å²) in [5.41, 5.74) is 2.13. The van der Waals surface area contributed by atoms with Gasteiger partial charge in [0.05, 0.1) is 29.4 Å². The van der Waals surface area contributed by atoms with Crippen molar-refractivity contribution in [2.45, 2.75) is 13.8 Å². The van der Waals surface area contributed by atoms with Gasteiger partial charge in [0.1, 0.15) is 5.82 Å². The van der Waals surface area contributed by atoms with Crippen molar-refractivity contribution in [2.75, 3.05) is 6.61 Å². The summed E-state index contributed by atoms with van der Waals surface area (Å²) in [6.07, 6.45) is 1.38. The van der Waals surface area contributed by atoms with Gasteiger partial charge in [-0.3, -0.25) is 9.59 Å². The Balaban J connectivity index is 1.50. The lowest BCUT2D eigenvalue weighted by Gasteiger charge is -2.14.